The van der Waals surface area contributed by atoms with Gasteiger partial charge in [0, 0.05) is 4.75 Å². The number of amides is 1. The van der Waals surface area contributed by atoms with E-state index in [9.17, 15) is 4.79 Å². The molecule has 0 radical (unpaired) electrons. The molecule has 2 aliphatic heterocycles. The number of tetrazole rings is 1. The molecule has 282 valence electrons. The molecule has 1 amide bonds. The van der Waals surface area contributed by atoms with Crippen LogP contribution in [0.4, 0.5) is 0 Å². The molecule has 3 unspecified atom stereocenters. The molecule has 0 aliphatic carbocycles. The summed E-state index contributed by atoms with van der Waals surface area (Å²) in [4.78, 5) is 16.7. The summed E-state index contributed by atoms with van der Waals surface area (Å²) in [6, 6.07) is 31.9. The molecule has 11 heteroatoms. The van der Waals surface area contributed by atoms with E-state index in [0.717, 1.165) is 28.7 Å². The molecular weight excluding hydrogens is 697 g/mol. The van der Waals surface area contributed by atoms with Gasteiger partial charge in [0.05, 0.1) is 33.4 Å². The van der Waals surface area contributed by atoms with Crippen LogP contribution in [0.3, 0.4) is 0 Å². The lowest BCUT2D eigenvalue weighted by Gasteiger charge is -2.49. The minimum atomic E-state index is -1.00. The maximum absolute atomic E-state index is 14.7. The van der Waals surface area contributed by atoms with Crippen molar-refractivity contribution in [3.63, 3.8) is 0 Å². The van der Waals surface area contributed by atoms with Crippen molar-refractivity contribution in [1.82, 2.24) is 30.4 Å². The molecule has 4 aromatic carbocycles. The van der Waals surface area contributed by atoms with Crippen molar-refractivity contribution < 1.29 is 19.0 Å². The summed E-state index contributed by atoms with van der Waals surface area (Å²) < 4.78 is 18.7. The van der Waals surface area contributed by atoms with E-state index >= 15 is 0 Å². The van der Waals surface area contributed by atoms with Crippen molar-refractivity contribution in [3.05, 3.63) is 131 Å². The lowest BCUT2D eigenvalue weighted by Crippen LogP contribution is -2.70. The van der Waals surface area contributed by atoms with Crippen LogP contribution in [0.5, 0.6) is 17.2 Å². The Kier molecular flexibility index (Phi) is 11.0. The Labute approximate surface area is 322 Å². The second-order valence-electron chi connectivity index (χ2n) is 14.6. The maximum Gasteiger partial charge on any atom is 0.244 e. The smallest absolute Gasteiger partial charge is 0.244 e. The Morgan fingerprint density at radius 1 is 0.778 bits per heavy atom. The topological polar surface area (TPSA) is 104 Å². The third kappa shape index (κ3) is 7.07. The van der Waals surface area contributed by atoms with E-state index in [1.165, 1.54) is 31.2 Å². The zero-order chi connectivity index (χ0) is 37.9. The normalized spacial score (nSPS) is 19.0. The summed E-state index contributed by atoms with van der Waals surface area (Å²) in [6.07, 6.45) is 6.08. The van der Waals surface area contributed by atoms with Crippen LogP contribution in [0, 0.1) is 0 Å². The van der Waals surface area contributed by atoms with E-state index in [-0.39, 0.29) is 22.1 Å². The predicted molar refractivity (Wildman–Crippen MR) is 212 cm³/mol. The third-order valence-electron chi connectivity index (χ3n) is 10.8. The average molecular weight is 747 g/mol. The third-order valence-corrected chi connectivity index (χ3v) is 12.4. The Morgan fingerprint density at radius 2 is 1.33 bits per heavy atom. The molecule has 2 aliphatic rings. The molecule has 10 nitrogen and oxygen atoms in total. The van der Waals surface area contributed by atoms with Gasteiger partial charge in [-0.15, -0.1) is 16.9 Å². The fourth-order valence-electron chi connectivity index (χ4n) is 7.98. The van der Waals surface area contributed by atoms with Gasteiger partial charge in [-0.3, -0.25) is 10.1 Å². The number of ether oxygens (including phenoxy) is 3. The van der Waals surface area contributed by atoms with Crippen molar-refractivity contribution in [1.29, 1.82) is 0 Å². The number of hydrogen-bond acceptors (Lipinski definition) is 9. The number of aromatic nitrogens is 4. The largest absolute Gasteiger partial charge is 0.497 e. The summed E-state index contributed by atoms with van der Waals surface area (Å²) >= 11 is 1.77. The fraction of sp³-hybridized carbons (Fsp3) is 0.395. The summed E-state index contributed by atoms with van der Waals surface area (Å²) in [6.45, 7) is 7.12. The van der Waals surface area contributed by atoms with Gasteiger partial charge in [0.15, 0.2) is 5.82 Å². The maximum atomic E-state index is 14.7. The van der Waals surface area contributed by atoms with Gasteiger partial charge in [0.2, 0.25) is 5.91 Å². The van der Waals surface area contributed by atoms with Gasteiger partial charge in [-0.2, -0.15) is 0 Å². The molecule has 1 N–H and O–H groups in total. The predicted octanol–water partition coefficient (Wildman–Crippen LogP) is 7.56. The summed E-state index contributed by atoms with van der Waals surface area (Å²) in [5.41, 5.74) is 4.19. The van der Waals surface area contributed by atoms with Gasteiger partial charge in [-0.05, 0) is 101 Å². The van der Waals surface area contributed by atoms with Crippen molar-refractivity contribution >= 4 is 17.7 Å². The van der Waals surface area contributed by atoms with Crippen molar-refractivity contribution in [2.75, 3.05) is 21.3 Å². The lowest BCUT2D eigenvalue weighted by molar-refractivity contribution is -0.150. The number of carbonyl (C=O) groups is 1. The number of thioether (sulfide) groups is 1. The number of aryl methyl sites for hydroxylation is 1. The average Bonchev–Trinajstić information content (AvgIpc) is 3.75. The molecule has 3 atom stereocenters. The lowest BCUT2D eigenvalue weighted by atomic mass is 9.75. The zero-order valence-corrected chi connectivity index (χ0v) is 32.8. The number of rotatable bonds is 16. The van der Waals surface area contributed by atoms with Gasteiger partial charge < -0.3 is 19.1 Å². The molecule has 5 aromatic rings. The molecule has 1 aromatic heterocycles. The van der Waals surface area contributed by atoms with Crippen LogP contribution < -0.4 is 19.5 Å². The van der Waals surface area contributed by atoms with Crippen LogP contribution in [0.2, 0.25) is 0 Å². The number of fused-ring (bicyclic) bond motifs is 1. The van der Waals surface area contributed by atoms with E-state index in [4.69, 9.17) is 14.2 Å². The minimum Gasteiger partial charge on any atom is -0.497 e. The number of hydrogen-bond donors (Lipinski definition) is 1. The molecule has 0 bridgehead atoms. The molecule has 54 heavy (non-hydrogen) atoms. The Morgan fingerprint density at radius 3 is 1.87 bits per heavy atom. The first kappa shape index (κ1) is 37.4. The Bertz CT molecular complexity index is 1950. The highest BCUT2D eigenvalue weighted by Gasteiger charge is 2.64. The van der Waals surface area contributed by atoms with Crippen LogP contribution in [-0.4, -0.2) is 68.5 Å². The number of unbranched alkanes of at least 4 members (excludes halogenated alkanes) is 3. The van der Waals surface area contributed by atoms with Gasteiger partial charge in [0.1, 0.15) is 34.7 Å². The van der Waals surface area contributed by atoms with Crippen LogP contribution in [0.1, 0.15) is 86.1 Å². The number of carbonyl (C=O) groups excluding carboxylic acids is 1. The minimum absolute atomic E-state index is 0.0110. The van der Waals surface area contributed by atoms with E-state index in [0.29, 0.717) is 29.6 Å². The van der Waals surface area contributed by atoms with E-state index in [1.54, 1.807) is 33.1 Å². The van der Waals surface area contributed by atoms with Crippen LogP contribution in [0.25, 0.3) is 0 Å². The quantitative estimate of drug-likeness (QED) is 0.0623. The van der Waals surface area contributed by atoms with Gasteiger partial charge in [-0.25, -0.2) is 4.68 Å². The molecule has 2 fully saturated rings. The summed E-state index contributed by atoms with van der Waals surface area (Å²) in [5, 5.41) is 16.9. The van der Waals surface area contributed by atoms with Crippen LogP contribution in [-0.2, 0) is 23.3 Å². The highest BCUT2D eigenvalue weighted by molar-refractivity contribution is 8.01. The Hall–Kier alpha value is -4.87. The van der Waals surface area contributed by atoms with E-state index in [1.807, 2.05) is 64.2 Å². The van der Waals surface area contributed by atoms with Crippen LogP contribution in [0.15, 0.2) is 97.1 Å². The Balaban J connectivity index is 1.23. The number of benzene rings is 4. The van der Waals surface area contributed by atoms with Crippen LogP contribution >= 0.6 is 11.8 Å². The number of methoxy groups -OCH3 is 3. The second-order valence-corrected chi connectivity index (χ2v) is 16.4. The van der Waals surface area contributed by atoms with Gasteiger partial charge >= 0.3 is 0 Å². The molecule has 0 spiro atoms. The van der Waals surface area contributed by atoms with Crippen molar-refractivity contribution in [2.24, 2.45) is 0 Å². The number of nitrogens with one attached hydrogen (secondary N) is 1. The second kappa shape index (κ2) is 15.8. The monoisotopic (exact) mass is 746 g/mol. The standard InChI is InChI=1S/C43H50N6O4S/c1-7-8-9-10-14-29-21-23-30(24-22-29)28-48-39(45-46-47-48)38-42(2,3)54-41-37(40(50)49(38)41)44-43(31-15-11-18-34(25-31)51-4,32-16-12-19-35(26-32)52-5)33-17-13-20-36(27-33)53-6/h11-13,15-27,37-38,41,44H,7-10,14,28H2,1-6H3. The first-order chi connectivity index (χ1) is 26.2. The van der Waals surface area contributed by atoms with Gasteiger partial charge in [0.25, 0.3) is 0 Å². The van der Waals surface area contributed by atoms with E-state index < -0.39 is 11.6 Å². The zero-order valence-electron chi connectivity index (χ0n) is 32.0. The first-order valence-electron chi connectivity index (χ1n) is 18.8. The fourth-order valence-corrected chi connectivity index (χ4v) is 9.61. The van der Waals surface area contributed by atoms with E-state index in [2.05, 4.69) is 84.1 Å². The molecule has 0 saturated carbocycles. The summed E-state index contributed by atoms with van der Waals surface area (Å²) in [7, 11) is 4.98. The SMILES string of the molecule is CCCCCCc1ccc(Cn2nnnc2C2N3C(=O)C(NC(c4cccc(OC)c4)(c4cccc(OC)c4)c4cccc(OC)c4)C3SC2(C)C)cc1. The molecule has 3 heterocycles. The first-order valence-corrected chi connectivity index (χ1v) is 19.7. The van der Waals surface area contributed by atoms with Crippen molar-refractivity contribution in [3.8, 4) is 17.2 Å². The molecule has 2 saturated heterocycles. The van der Waals surface area contributed by atoms with Gasteiger partial charge in [-0.1, -0.05) is 86.8 Å². The highest BCUT2D eigenvalue weighted by Crippen LogP contribution is 2.58. The summed E-state index contributed by atoms with van der Waals surface area (Å²) in [5.74, 6) is 2.79. The van der Waals surface area contributed by atoms with Crippen molar-refractivity contribution in [2.45, 2.75) is 87.2 Å². The highest BCUT2D eigenvalue weighted by atomic mass is 32.2. The molecular formula is C43H50N6O4S. The number of nitrogens with zero attached hydrogens (tertiary/aromatic N) is 5. The molecule has 7 rings (SSSR count). The number of β-lactam (4-membered cyclic amide) rings is 1.